The highest BCUT2D eigenvalue weighted by atomic mass is 16.4. The van der Waals surface area contributed by atoms with Crippen LogP contribution in [0.2, 0.25) is 0 Å². The van der Waals surface area contributed by atoms with E-state index in [2.05, 4.69) is 20.1 Å². The summed E-state index contributed by atoms with van der Waals surface area (Å²) in [6.45, 7) is 10.7. The molecule has 0 heterocycles. The van der Waals surface area contributed by atoms with E-state index in [9.17, 15) is 14.4 Å². The Morgan fingerprint density at radius 3 is 1.96 bits per heavy atom. The molecular weight excluding hydrogens is 310 g/mol. The number of carboxylic acids is 2. The highest BCUT2D eigenvalue weighted by molar-refractivity contribution is 5.89. The Hall–Kier alpha value is -2.37. The molecule has 0 rings (SSSR count). The van der Waals surface area contributed by atoms with Crippen LogP contribution in [-0.2, 0) is 14.4 Å². The van der Waals surface area contributed by atoms with Gasteiger partial charge in [-0.05, 0) is 19.4 Å². The third-order valence-electron chi connectivity index (χ3n) is 2.97. The number of carbonyl (C=O) groups excluding carboxylic acids is 1. The second kappa shape index (κ2) is 15.5. The lowest BCUT2D eigenvalue weighted by atomic mass is 10.1. The molecule has 24 heavy (non-hydrogen) atoms. The minimum atomic E-state index is -1.06. The van der Waals surface area contributed by atoms with E-state index in [4.69, 9.17) is 10.2 Å². The van der Waals surface area contributed by atoms with E-state index in [0.29, 0.717) is 6.54 Å². The van der Waals surface area contributed by atoms with Gasteiger partial charge in [-0.15, -0.1) is 0 Å². The molecule has 0 unspecified atom stereocenters. The fourth-order valence-corrected chi connectivity index (χ4v) is 1.59. The van der Waals surface area contributed by atoms with Crippen LogP contribution in [0.4, 0.5) is 0 Å². The molecule has 0 aliphatic heterocycles. The van der Waals surface area contributed by atoms with Crippen LogP contribution in [0.3, 0.4) is 0 Å². The average Bonchev–Trinajstić information content (AvgIpc) is 2.53. The van der Waals surface area contributed by atoms with Crippen LogP contribution in [0.25, 0.3) is 0 Å². The number of hydrogen-bond donors (Lipinski definition) is 2. The van der Waals surface area contributed by atoms with Crippen LogP contribution in [0.5, 0.6) is 0 Å². The third kappa shape index (κ3) is 16.0. The van der Waals surface area contributed by atoms with Crippen molar-refractivity contribution in [2.45, 2.75) is 52.4 Å². The Morgan fingerprint density at radius 1 is 1.04 bits per heavy atom. The molecule has 6 heteroatoms. The Labute approximate surface area is 144 Å². The highest BCUT2D eigenvalue weighted by Crippen LogP contribution is 2.06. The summed E-state index contributed by atoms with van der Waals surface area (Å²) in [4.78, 5) is 32.9. The molecule has 0 radical (unpaired) electrons. The summed E-state index contributed by atoms with van der Waals surface area (Å²) >= 11 is 0. The smallest absolute Gasteiger partial charge is 0.330 e. The molecule has 136 valence electrons. The van der Waals surface area contributed by atoms with Crippen LogP contribution in [0.15, 0.2) is 37.1 Å². The van der Waals surface area contributed by atoms with Crippen molar-refractivity contribution in [1.29, 1.82) is 0 Å². The molecule has 0 aromatic carbocycles. The van der Waals surface area contributed by atoms with Gasteiger partial charge in [-0.2, -0.15) is 0 Å². The zero-order chi connectivity index (χ0) is 19.0. The molecule has 0 spiro atoms. The zero-order valence-electron chi connectivity index (χ0n) is 14.7. The van der Waals surface area contributed by atoms with Gasteiger partial charge >= 0.3 is 11.9 Å². The lowest BCUT2D eigenvalue weighted by Crippen LogP contribution is -2.25. The van der Waals surface area contributed by atoms with Crippen LogP contribution in [0.1, 0.15) is 52.4 Å². The Morgan fingerprint density at radius 2 is 1.54 bits per heavy atom. The fraction of sp³-hybridized carbons (Fsp3) is 0.500. The van der Waals surface area contributed by atoms with E-state index in [-0.39, 0.29) is 11.5 Å². The molecule has 6 nitrogen and oxygen atoms in total. The van der Waals surface area contributed by atoms with Gasteiger partial charge < -0.3 is 15.1 Å². The standard InChI is InChI=1S/C14H23NO3.C4H6O2/c1-3-5-6-7-8-9-11-15(13(16)4-2)12-10-14(17)18;1-3(2)4(5)6/h4,10,12H,2-3,5-9,11H2,1H3,(H,17,18);1H2,2H3,(H,5,6). The molecule has 0 bridgehead atoms. The molecule has 0 aliphatic rings. The quantitative estimate of drug-likeness (QED) is 0.443. The van der Waals surface area contributed by atoms with Gasteiger partial charge in [-0.3, -0.25) is 4.79 Å². The number of rotatable bonds is 11. The van der Waals surface area contributed by atoms with Gasteiger partial charge in [0.25, 0.3) is 0 Å². The first-order valence-electron chi connectivity index (χ1n) is 7.99. The normalized spacial score (nSPS) is 9.75. The van der Waals surface area contributed by atoms with E-state index >= 15 is 0 Å². The topological polar surface area (TPSA) is 94.9 Å². The zero-order valence-corrected chi connectivity index (χ0v) is 14.7. The number of hydrogen-bond acceptors (Lipinski definition) is 3. The molecular formula is C18H29NO5. The van der Waals surface area contributed by atoms with Gasteiger partial charge in [-0.1, -0.05) is 52.2 Å². The van der Waals surface area contributed by atoms with Crippen LogP contribution < -0.4 is 0 Å². The van der Waals surface area contributed by atoms with E-state index in [1.54, 1.807) is 0 Å². The first-order valence-corrected chi connectivity index (χ1v) is 7.99. The first-order chi connectivity index (χ1) is 11.3. The maximum Gasteiger partial charge on any atom is 0.330 e. The summed E-state index contributed by atoms with van der Waals surface area (Å²) in [6.07, 6.45) is 10.2. The Kier molecular flexibility index (Phi) is 15.5. The van der Waals surface area contributed by atoms with Crippen LogP contribution in [0, 0.1) is 0 Å². The van der Waals surface area contributed by atoms with Crippen molar-refractivity contribution in [2.24, 2.45) is 0 Å². The third-order valence-corrected chi connectivity index (χ3v) is 2.97. The molecule has 0 fully saturated rings. The van der Waals surface area contributed by atoms with Gasteiger partial charge in [0.2, 0.25) is 5.91 Å². The molecule has 0 saturated heterocycles. The summed E-state index contributed by atoms with van der Waals surface area (Å²) in [7, 11) is 0. The van der Waals surface area contributed by atoms with Crippen LogP contribution in [-0.4, -0.2) is 39.5 Å². The van der Waals surface area contributed by atoms with Crippen molar-refractivity contribution in [3.8, 4) is 0 Å². The second-order valence-electron chi connectivity index (χ2n) is 5.24. The average molecular weight is 339 g/mol. The first kappa shape index (κ1) is 23.9. The van der Waals surface area contributed by atoms with Gasteiger partial charge in [0.1, 0.15) is 0 Å². The van der Waals surface area contributed by atoms with Crippen LogP contribution >= 0.6 is 0 Å². The number of nitrogens with zero attached hydrogens (tertiary/aromatic N) is 1. The van der Waals surface area contributed by atoms with Gasteiger partial charge in [0, 0.05) is 24.4 Å². The molecule has 0 aliphatic carbocycles. The highest BCUT2D eigenvalue weighted by Gasteiger charge is 2.06. The SMILES string of the molecule is C=C(C)C(=O)O.C=CC(=O)N(C=CC(=O)O)CCCCCCCC. The number of amides is 1. The monoisotopic (exact) mass is 339 g/mol. The van der Waals surface area contributed by atoms with E-state index in [1.165, 1.54) is 43.4 Å². The molecule has 0 atom stereocenters. The maximum absolute atomic E-state index is 11.5. The Balaban J connectivity index is 0. The van der Waals surface area contributed by atoms with Crippen molar-refractivity contribution in [3.05, 3.63) is 37.1 Å². The molecule has 0 aromatic rings. The van der Waals surface area contributed by atoms with Gasteiger partial charge in [0.15, 0.2) is 0 Å². The van der Waals surface area contributed by atoms with Crippen molar-refractivity contribution in [3.63, 3.8) is 0 Å². The Bertz CT molecular complexity index is 442. The maximum atomic E-state index is 11.5. The largest absolute Gasteiger partial charge is 0.478 e. The van der Waals surface area contributed by atoms with Crippen molar-refractivity contribution in [1.82, 2.24) is 4.90 Å². The van der Waals surface area contributed by atoms with E-state index < -0.39 is 11.9 Å². The minimum Gasteiger partial charge on any atom is -0.478 e. The summed E-state index contributed by atoms with van der Waals surface area (Å²) in [6, 6.07) is 0. The van der Waals surface area contributed by atoms with Crippen molar-refractivity contribution < 1.29 is 24.6 Å². The second-order valence-corrected chi connectivity index (χ2v) is 5.24. The van der Waals surface area contributed by atoms with E-state index in [0.717, 1.165) is 25.3 Å². The molecule has 0 aromatic heterocycles. The predicted molar refractivity (Wildman–Crippen MR) is 94.5 cm³/mol. The summed E-state index contributed by atoms with van der Waals surface area (Å²) in [5, 5.41) is 16.4. The van der Waals surface area contributed by atoms with E-state index in [1.807, 2.05) is 0 Å². The number of carbonyl (C=O) groups is 3. The van der Waals surface area contributed by atoms with Crippen molar-refractivity contribution in [2.75, 3.05) is 6.54 Å². The number of carboxylic acid groups (broad SMARTS) is 2. The van der Waals surface area contributed by atoms with Gasteiger partial charge in [-0.25, -0.2) is 9.59 Å². The molecule has 2 N–H and O–H groups in total. The summed E-state index contributed by atoms with van der Waals surface area (Å²) in [5.41, 5.74) is 0.176. The minimum absolute atomic E-state index is 0.176. The lowest BCUT2D eigenvalue weighted by molar-refractivity contribution is -0.133. The number of aliphatic carboxylic acids is 2. The molecule has 0 saturated carbocycles. The van der Waals surface area contributed by atoms with Crippen molar-refractivity contribution >= 4 is 17.8 Å². The predicted octanol–water partition coefficient (Wildman–Crippen LogP) is 3.61. The van der Waals surface area contributed by atoms with Gasteiger partial charge in [0.05, 0.1) is 0 Å². The summed E-state index contributed by atoms with van der Waals surface area (Å²) in [5.74, 6) is -2.25. The number of unbranched alkanes of at least 4 members (excludes halogenated alkanes) is 5. The fourth-order valence-electron chi connectivity index (χ4n) is 1.59. The lowest BCUT2D eigenvalue weighted by Gasteiger charge is -2.15. The summed E-state index contributed by atoms with van der Waals surface area (Å²) < 4.78 is 0. The molecule has 1 amide bonds.